The van der Waals surface area contributed by atoms with Crippen LogP contribution in [-0.2, 0) is 11.3 Å². The smallest absolute Gasteiger partial charge is 0.191 e. The predicted octanol–water partition coefficient (Wildman–Crippen LogP) is 2.92. The van der Waals surface area contributed by atoms with Gasteiger partial charge in [-0.1, -0.05) is 12.1 Å². The van der Waals surface area contributed by atoms with Crippen LogP contribution in [0.15, 0.2) is 29.3 Å². The van der Waals surface area contributed by atoms with E-state index in [2.05, 4.69) is 79.7 Å². The standard InChI is InChI=1S/C21H39N5O/c1-7-22-21(24-12-14-26(17(2)3)18(4)5)25-16-19-8-10-20(11-9-19)23-13-15-27-6/h8-11,17-18,23H,7,12-16H2,1-6H3,(H2,22,24,25). The Labute approximate surface area is 165 Å². The summed E-state index contributed by atoms with van der Waals surface area (Å²) in [5.74, 6) is 0.868. The molecule has 154 valence electrons. The van der Waals surface area contributed by atoms with Crippen LogP contribution in [0.2, 0.25) is 0 Å². The SMILES string of the molecule is CCNC(=NCc1ccc(NCCOC)cc1)NCCN(C(C)C)C(C)C. The lowest BCUT2D eigenvalue weighted by atomic mass is 10.2. The van der Waals surface area contributed by atoms with Gasteiger partial charge in [0.25, 0.3) is 0 Å². The summed E-state index contributed by atoms with van der Waals surface area (Å²) in [6.07, 6.45) is 0. The summed E-state index contributed by atoms with van der Waals surface area (Å²) < 4.78 is 5.05. The lowest BCUT2D eigenvalue weighted by Gasteiger charge is -2.30. The lowest BCUT2D eigenvalue weighted by molar-refractivity contribution is 0.178. The maximum atomic E-state index is 5.05. The van der Waals surface area contributed by atoms with Crippen molar-refractivity contribution in [3.8, 4) is 0 Å². The number of nitrogens with zero attached hydrogens (tertiary/aromatic N) is 2. The highest BCUT2D eigenvalue weighted by Gasteiger charge is 2.12. The summed E-state index contributed by atoms with van der Waals surface area (Å²) in [7, 11) is 1.71. The fourth-order valence-electron chi connectivity index (χ4n) is 2.95. The first-order chi connectivity index (χ1) is 13.0. The first-order valence-electron chi connectivity index (χ1n) is 10.1. The van der Waals surface area contributed by atoms with Gasteiger partial charge in [0.15, 0.2) is 5.96 Å². The maximum absolute atomic E-state index is 5.05. The molecule has 0 aliphatic rings. The molecule has 0 bridgehead atoms. The van der Waals surface area contributed by atoms with Gasteiger partial charge in [0, 0.05) is 51.1 Å². The first kappa shape index (κ1) is 23.2. The molecule has 0 radical (unpaired) electrons. The zero-order valence-corrected chi connectivity index (χ0v) is 18.0. The third kappa shape index (κ3) is 9.63. The fourth-order valence-corrected chi connectivity index (χ4v) is 2.95. The molecule has 0 aromatic heterocycles. The van der Waals surface area contributed by atoms with E-state index in [0.717, 1.165) is 37.8 Å². The largest absolute Gasteiger partial charge is 0.383 e. The van der Waals surface area contributed by atoms with E-state index in [4.69, 9.17) is 9.73 Å². The number of ether oxygens (including phenoxy) is 1. The van der Waals surface area contributed by atoms with Gasteiger partial charge in [-0.05, 0) is 52.3 Å². The number of anilines is 1. The van der Waals surface area contributed by atoms with Crippen LogP contribution in [0.3, 0.4) is 0 Å². The quantitative estimate of drug-likeness (QED) is 0.297. The molecule has 0 unspecified atom stereocenters. The van der Waals surface area contributed by atoms with Crippen molar-refractivity contribution in [1.29, 1.82) is 0 Å². The summed E-state index contributed by atoms with van der Waals surface area (Å²) in [5.41, 5.74) is 2.29. The van der Waals surface area contributed by atoms with Crippen LogP contribution in [0.25, 0.3) is 0 Å². The molecule has 1 aromatic carbocycles. The second-order valence-corrected chi connectivity index (χ2v) is 7.16. The predicted molar refractivity (Wildman–Crippen MR) is 117 cm³/mol. The molecular formula is C21H39N5O. The van der Waals surface area contributed by atoms with Crippen LogP contribution in [0.4, 0.5) is 5.69 Å². The summed E-state index contributed by atoms with van der Waals surface area (Å²) in [4.78, 5) is 7.19. The Morgan fingerprint density at radius 2 is 1.70 bits per heavy atom. The zero-order valence-electron chi connectivity index (χ0n) is 18.0. The molecule has 0 fully saturated rings. The molecule has 6 nitrogen and oxygen atoms in total. The summed E-state index contributed by atoms with van der Waals surface area (Å²) >= 11 is 0. The normalized spacial score (nSPS) is 12.1. The number of aliphatic imine (C=N–C) groups is 1. The van der Waals surface area contributed by atoms with E-state index in [-0.39, 0.29) is 0 Å². The van der Waals surface area contributed by atoms with Gasteiger partial charge >= 0.3 is 0 Å². The maximum Gasteiger partial charge on any atom is 0.191 e. The Hall–Kier alpha value is -1.79. The minimum Gasteiger partial charge on any atom is -0.383 e. The number of nitrogens with one attached hydrogen (secondary N) is 3. The molecular weight excluding hydrogens is 338 g/mol. The molecule has 0 spiro atoms. The van der Waals surface area contributed by atoms with Crippen LogP contribution in [0.5, 0.6) is 0 Å². The molecule has 0 saturated carbocycles. The number of rotatable bonds is 12. The van der Waals surface area contributed by atoms with Crippen molar-refractivity contribution in [3.05, 3.63) is 29.8 Å². The fraction of sp³-hybridized carbons (Fsp3) is 0.667. The average Bonchev–Trinajstić information content (AvgIpc) is 2.63. The summed E-state index contributed by atoms with van der Waals surface area (Å²) in [5, 5.41) is 10.1. The van der Waals surface area contributed by atoms with Crippen LogP contribution in [-0.4, -0.2) is 62.8 Å². The number of guanidine groups is 1. The van der Waals surface area contributed by atoms with E-state index >= 15 is 0 Å². The molecule has 0 aliphatic carbocycles. The topological polar surface area (TPSA) is 60.9 Å². The molecule has 1 aromatic rings. The minimum absolute atomic E-state index is 0.544. The van der Waals surface area contributed by atoms with Gasteiger partial charge in [0.1, 0.15) is 0 Å². The Morgan fingerprint density at radius 1 is 1.04 bits per heavy atom. The third-order valence-electron chi connectivity index (χ3n) is 4.34. The minimum atomic E-state index is 0.544. The van der Waals surface area contributed by atoms with Gasteiger partial charge in [-0.25, -0.2) is 4.99 Å². The second kappa shape index (κ2) is 13.4. The van der Waals surface area contributed by atoms with E-state index < -0.39 is 0 Å². The van der Waals surface area contributed by atoms with Gasteiger partial charge in [-0.2, -0.15) is 0 Å². The lowest BCUT2D eigenvalue weighted by Crippen LogP contribution is -2.45. The van der Waals surface area contributed by atoms with E-state index in [9.17, 15) is 0 Å². The average molecular weight is 378 g/mol. The highest BCUT2D eigenvalue weighted by atomic mass is 16.5. The van der Waals surface area contributed by atoms with Crippen molar-refractivity contribution < 1.29 is 4.74 Å². The van der Waals surface area contributed by atoms with Crippen molar-refractivity contribution in [2.75, 3.05) is 45.2 Å². The summed E-state index contributed by atoms with van der Waals surface area (Å²) in [6.45, 7) is 16.0. The van der Waals surface area contributed by atoms with Gasteiger partial charge in [0.2, 0.25) is 0 Å². The van der Waals surface area contributed by atoms with E-state index in [1.54, 1.807) is 7.11 Å². The monoisotopic (exact) mass is 377 g/mol. The van der Waals surface area contributed by atoms with Crippen LogP contribution >= 0.6 is 0 Å². The molecule has 0 aliphatic heterocycles. The van der Waals surface area contributed by atoms with Crippen molar-refractivity contribution in [3.63, 3.8) is 0 Å². The Balaban J connectivity index is 2.52. The molecule has 27 heavy (non-hydrogen) atoms. The van der Waals surface area contributed by atoms with Gasteiger partial charge in [-0.3, -0.25) is 4.90 Å². The highest BCUT2D eigenvalue weighted by molar-refractivity contribution is 5.79. The zero-order chi connectivity index (χ0) is 20.1. The van der Waals surface area contributed by atoms with Gasteiger partial charge < -0.3 is 20.7 Å². The highest BCUT2D eigenvalue weighted by Crippen LogP contribution is 2.10. The molecule has 6 heteroatoms. The van der Waals surface area contributed by atoms with E-state index in [1.807, 2.05) is 0 Å². The van der Waals surface area contributed by atoms with Gasteiger partial charge in [-0.15, -0.1) is 0 Å². The van der Waals surface area contributed by atoms with E-state index in [1.165, 1.54) is 5.56 Å². The molecule has 0 saturated heterocycles. The Bertz CT molecular complexity index is 520. The molecule has 1 rings (SSSR count). The number of hydrogen-bond donors (Lipinski definition) is 3. The summed E-state index contributed by atoms with van der Waals surface area (Å²) in [6, 6.07) is 9.49. The first-order valence-corrected chi connectivity index (χ1v) is 10.1. The van der Waals surface area contributed by atoms with Crippen molar-refractivity contribution in [2.45, 2.75) is 53.2 Å². The second-order valence-electron chi connectivity index (χ2n) is 7.16. The van der Waals surface area contributed by atoms with Crippen LogP contribution in [0, 0.1) is 0 Å². The third-order valence-corrected chi connectivity index (χ3v) is 4.34. The number of benzene rings is 1. The van der Waals surface area contributed by atoms with Crippen molar-refractivity contribution in [2.24, 2.45) is 4.99 Å². The Morgan fingerprint density at radius 3 is 2.26 bits per heavy atom. The van der Waals surface area contributed by atoms with Crippen molar-refractivity contribution >= 4 is 11.6 Å². The molecule has 0 heterocycles. The molecule has 0 amide bonds. The van der Waals surface area contributed by atoms with Gasteiger partial charge in [0.05, 0.1) is 13.2 Å². The van der Waals surface area contributed by atoms with E-state index in [0.29, 0.717) is 25.2 Å². The van der Waals surface area contributed by atoms with Crippen LogP contribution < -0.4 is 16.0 Å². The number of methoxy groups -OCH3 is 1. The van der Waals surface area contributed by atoms with Crippen molar-refractivity contribution in [1.82, 2.24) is 15.5 Å². The van der Waals surface area contributed by atoms with Crippen LogP contribution in [0.1, 0.15) is 40.2 Å². The Kier molecular flexibility index (Phi) is 11.5. The molecule has 3 N–H and O–H groups in total. The number of hydrogen-bond acceptors (Lipinski definition) is 4. The molecule has 0 atom stereocenters.